The number of rotatable bonds is 4. The van der Waals surface area contributed by atoms with Gasteiger partial charge in [-0.3, -0.25) is 4.79 Å². The normalized spacial score (nSPS) is 17.2. The zero-order valence-corrected chi connectivity index (χ0v) is 15.5. The van der Waals surface area contributed by atoms with Crippen molar-refractivity contribution in [2.24, 2.45) is 0 Å². The molecule has 0 aliphatic carbocycles. The molecule has 0 radical (unpaired) electrons. The van der Waals surface area contributed by atoms with Gasteiger partial charge in [0.05, 0.1) is 0 Å². The molecule has 27 heavy (non-hydrogen) atoms. The maximum absolute atomic E-state index is 12.6. The van der Waals surface area contributed by atoms with Gasteiger partial charge in [-0.05, 0) is 43.9 Å². The third kappa shape index (κ3) is 3.92. The van der Waals surface area contributed by atoms with Gasteiger partial charge in [0, 0.05) is 18.1 Å². The molecule has 1 heterocycles. The van der Waals surface area contributed by atoms with E-state index >= 15 is 0 Å². The van der Waals surface area contributed by atoms with Crippen LogP contribution in [0.15, 0.2) is 42.0 Å². The second-order valence-electron chi connectivity index (χ2n) is 6.87. The minimum atomic E-state index is -0.410. The lowest BCUT2D eigenvalue weighted by molar-refractivity contribution is 0.0975. The number of carbonyl (C=O) groups is 1. The summed E-state index contributed by atoms with van der Waals surface area (Å²) in [5, 5.41) is 30.2. The molecule has 1 aliphatic heterocycles. The first-order valence-corrected chi connectivity index (χ1v) is 9.13. The quantitative estimate of drug-likeness (QED) is 0.675. The van der Waals surface area contributed by atoms with Gasteiger partial charge in [-0.2, -0.15) is 0 Å². The highest BCUT2D eigenvalue weighted by molar-refractivity contribution is 6.02. The van der Waals surface area contributed by atoms with Crippen LogP contribution < -0.4 is 4.74 Å². The molecule has 1 aliphatic rings. The minimum Gasteiger partial charge on any atom is -0.508 e. The van der Waals surface area contributed by atoms with Gasteiger partial charge in [0.1, 0.15) is 34.7 Å². The van der Waals surface area contributed by atoms with Crippen molar-refractivity contribution >= 4 is 5.78 Å². The molecule has 5 heteroatoms. The number of phenols is 3. The summed E-state index contributed by atoms with van der Waals surface area (Å²) in [4.78, 5) is 12.6. The Morgan fingerprint density at radius 3 is 2.56 bits per heavy atom. The van der Waals surface area contributed by atoms with Gasteiger partial charge in [-0.15, -0.1) is 0 Å². The number of Topliss-reactive ketones (excluding diaryl/α,β-unsaturated/α-hetero) is 1. The molecule has 0 aromatic heterocycles. The molecule has 1 unspecified atom stereocenters. The van der Waals surface area contributed by atoms with Crippen molar-refractivity contribution in [1.82, 2.24) is 0 Å². The number of fused-ring (bicyclic) bond motifs is 1. The second-order valence-corrected chi connectivity index (χ2v) is 6.87. The molecule has 1 atom stereocenters. The molecule has 0 fully saturated rings. The van der Waals surface area contributed by atoms with E-state index in [1.165, 1.54) is 6.07 Å². The first-order valence-electron chi connectivity index (χ1n) is 9.13. The van der Waals surface area contributed by atoms with Crippen LogP contribution in [0.2, 0.25) is 0 Å². The smallest absolute Gasteiger partial charge is 0.170 e. The van der Waals surface area contributed by atoms with Crippen LogP contribution in [0.3, 0.4) is 0 Å². The Morgan fingerprint density at radius 1 is 1.19 bits per heavy atom. The zero-order valence-electron chi connectivity index (χ0n) is 15.5. The van der Waals surface area contributed by atoms with Gasteiger partial charge in [-0.1, -0.05) is 30.7 Å². The fourth-order valence-electron chi connectivity index (χ4n) is 3.20. The van der Waals surface area contributed by atoms with E-state index in [1.54, 1.807) is 24.3 Å². The lowest BCUT2D eigenvalue weighted by Gasteiger charge is -2.21. The van der Waals surface area contributed by atoms with Gasteiger partial charge in [0.25, 0.3) is 0 Å². The molecule has 0 saturated carbocycles. The standard InChI is InChI=1S/C22H24O5/c1-3-13(2)4-9-16-18(25)12-19(26)21-17(24)10-11-20(27-22(16)21)14-5-7-15(23)8-6-14/h4-8,12,20,23,25-26H,3,9-11H2,1-2H3/b13-4-. The Kier molecular flexibility index (Phi) is 5.40. The van der Waals surface area contributed by atoms with E-state index < -0.39 is 6.10 Å². The maximum Gasteiger partial charge on any atom is 0.170 e. The summed E-state index contributed by atoms with van der Waals surface area (Å²) >= 11 is 0. The van der Waals surface area contributed by atoms with Crippen molar-refractivity contribution in [3.8, 4) is 23.0 Å². The second kappa shape index (κ2) is 7.74. The van der Waals surface area contributed by atoms with Crippen molar-refractivity contribution in [3.05, 3.63) is 58.7 Å². The molecule has 0 spiro atoms. The predicted octanol–water partition coefficient (Wildman–Crippen LogP) is 4.80. The Hall–Kier alpha value is -2.95. The molecule has 2 aromatic rings. The fraction of sp³-hybridized carbons (Fsp3) is 0.318. The van der Waals surface area contributed by atoms with E-state index in [-0.39, 0.29) is 40.8 Å². The molecule has 3 rings (SSSR count). The number of carbonyl (C=O) groups excluding carboxylic acids is 1. The Bertz CT molecular complexity index is 881. The van der Waals surface area contributed by atoms with Gasteiger partial charge < -0.3 is 20.1 Å². The van der Waals surface area contributed by atoms with E-state index in [0.717, 1.165) is 17.6 Å². The monoisotopic (exact) mass is 368 g/mol. The van der Waals surface area contributed by atoms with Crippen molar-refractivity contribution in [2.75, 3.05) is 0 Å². The molecular formula is C22H24O5. The number of aromatic hydroxyl groups is 3. The van der Waals surface area contributed by atoms with Crippen LogP contribution >= 0.6 is 0 Å². The summed E-state index contributed by atoms with van der Waals surface area (Å²) in [6.07, 6.45) is 3.54. The Labute approximate surface area is 158 Å². The van der Waals surface area contributed by atoms with E-state index in [0.29, 0.717) is 18.4 Å². The van der Waals surface area contributed by atoms with Crippen LogP contribution in [-0.4, -0.2) is 21.1 Å². The number of allylic oxidation sites excluding steroid dienone is 2. The fourth-order valence-corrected chi connectivity index (χ4v) is 3.20. The lowest BCUT2D eigenvalue weighted by atomic mass is 9.98. The SMILES string of the molecule is CC/C(C)=C\Cc1c(O)cc(O)c2c1OC(c1ccc(O)cc1)CCC2=O. The average Bonchev–Trinajstić information content (AvgIpc) is 2.81. The van der Waals surface area contributed by atoms with Crippen LogP contribution in [0.5, 0.6) is 23.0 Å². The molecule has 5 nitrogen and oxygen atoms in total. The molecule has 3 N–H and O–H groups in total. The first kappa shape index (κ1) is 18.8. The predicted molar refractivity (Wildman–Crippen MR) is 103 cm³/mol. The number of ketones is 1. The molecule has 0 saturated heterocycles. The van der Waals surface area contributed by atoms with Crippen molar-refractivity contribution < 1.29 is 24.9 Å². The lowest BCUT2D eigenvalue weighted by Crippen LogP contribution is -2.08. The van der Waals surface area contributed by atoms with Gasteiger partial charge in [-0.25, -0.2) is 0 Å². The van der Waals surface area contributed by atoms with Crippen molar-refractivity contribution in [1.29, 1.82) is 0 Å². The van der Waals surface area contributed by atoms with Crippen LogP contribution in [-0.2, 0) is 6.42 Å². The Morgan fingerprint density at radius 2 is 1.89 bits per heavy atom. The number of ether oxygens (including phenoxy) is 1. The van der Waals surface area contributed by atoms with E-state index in [4.69, 9.17) is 4.74 Å². The molecule has 142 valence electrons. The summed E-state index contributed by atoms with van der Waals surface area (Å²) in [7, 11) is 0. The molecule has 0 amide bonds. The maximum atomic E-state index is 12.6. The highest BCUT2D eigenvalue weighted by Gasteiger charge is 2.30. The van der Waals surface area contributed by atoms with Crippen LogP contribution in [0.25, 0.3) is 0 Å². The van der Waals surface area contributed by atoms with E-state index in [9.17, 15) is 20.1 Å². The number of hydrogen-bond donors (Lipinski definition) is 3. The highest BCUT2D eigenvalue weighted by Crippen LogP contribution is 2.44. The van der Waals surface area contributed by atoms with Gasteiger partial charge >= 0.3 is 0 Å². The summed E-state index contributed by atoms with van der Waals surface area (Å²) in [5.74, 6) is -0.168. The molecule has 2 aromatic carbocycles. The Balaban J connectivity index is 2.08. The van der Waals surface area contributed by atoms with Crippen molar-refractivity contribution in [2.45, 2.75) is 45.6 Å². The van der Waals surface area contributed by atoms with Gasteiger partial charge in [0.15, 0.2) is 5.78 Å². The zero-order chi connectivity index (χ0) is 19.6. The van der Waals surface area contributed by atoms with Crippen LogP contribution in [0.1, 0.15) is 60.7 Å². The first-order chi connectivity index (χ1) is 12.9. The number of benzene rings is 2. The number of hydrogen-bond acceptors (Lipinski definition) is 5. The number of phenolic OH excluding ortho intramolecular Hbond substituents is 3. The van der Waals surface area contributed by atoms with Gasteiger partial charge in [0.2, 0.25) is 0 Å². The summed E-state index contributed by atoms with van der Waals surface area (Å²) in [6.45, 7) is 4.05. The topological polar surface area (TPSA) is 87.0 Å². The summed E-state index contributed by atoms with van der Waals surface area (Å²) < 4.78 is 6.16. The van der Waals surface area contributed by atoms with Crippen LogP contribution in [0.4, 0.5) is 0 Å². The molecular weight excluding hydrogens is 344 g/mol. The third-order valence-electron chi connectivity index (χ3n) is 4.99. The largest absolute Gasteiger partial charge is 0.508 e. The highest BCUT2D eigenvalue weighted by atomic mass is 16.5. The van der Waals surface area contributed by atoms with Crippen LogP contribution in [0, 0.1) is 0 Å². The third-order valence-corrected chi connectivity index (χ3v) is 4.99. The minimum absolute atomic E-state index is 0.0921. The average molecular weight is 368 g/mol. The summed E-state index contributed by atoms with van der Waals surface area (Å²) in [6, 6.07) is 7.85. The molecule has 0 bridgehead atoms. The van der Waals surface area contributed by atoms with E-state index in [2.05, 4.69) is 0 Å². The van der Waals surface area contributed by atoms with E-state index in [1.807, 2.05) is 19.9 Å². The van der Waals surface area contributed by atoms with Crippen molar-refractivity contribution in [3.63, 3.8) is 0 Å². The summed E-state index contributed by atoms with van der Waals surface area (Å²) in [5.41, 5.74) is 2.61.